The van der Waals surface area contributed by atoms with Crippen LogP contribution in [0.15, 0.2) is 65.5 Å². The van der Waals surface area contributed by atoms with Crippen molar-refractivity contribution in [2.45, 2.75) is 19.5 Å². The summed E-state index contributed by atoms with van der Waals surface area (Å²) in [6, 6.07) is 13.3. The van der Waals surface area contributed by atoms with Crippen molar-refractivity contribution in [2.75, 3.05) is 6.54 Å². The predicted molar refractivity (Wildman–Crippen MR) is 99.0 cm³/mol. The molecule has 2 amide bonds. The van der Waals surface area contributed by atoms with Gasteiger partial charge >= 0.3 is 0 Å². The number of hydrogen-bond acceptors (Lipinski definition) is 4. The molecule has 1 aliphatic heterocycles. The van der Waals surface area contributed by atoms with E-state index in [9.17, 15) is 9.59 Å². The van der Waals surface area contributed by atoms with Crippen molar-refractivity contribution >= 4 is 11.8 Å². The minimum absolute atomic E-state index is 0.113. The summed E-state index contributed by atoms with van der Waals surface area (Å²) in [5, 5.41) is 2.76. The largest absolute Gasteiger partial charge is 0.467 e. The number of fused-ring (bicyclic) bond motifs is 1. The van der Waals surface area contributed by atoms with Crippen molar-refractivity contribution in [3.8, 4) is 0 Å². The maximum absolute atomic E-state index is 12.9. The van der Waals surface area contributed by atoms with E-state index in [1.807, 2.05) is 18.2 Å². The highest BCUT2D eigenvalue weighted by molar-refractivity contribution is 5.99. The second-order valence-corrected chi connectivity index (χ2v) is 6.47. The van der Waals surface area contributed by atoms with E-state index in [2.05, 4.69) is 16.4 Å². The number of benzene rings is 1. The maximum atomic E-state index is 12.9. The number of rotatable bonds is 4. The van der Waals surface area contributed by atoms with Gasteiger partial charge in [0.05, 0.1) is 23.9 Å². The second-order valence-electron chi connectivity index (χ2n) is 6.47. The molecule has 0 radical (unpaired) electrons. The lowest BCUT2D eigenvalue weighted by Crippen LogP contribution is -2.36. The van der Waals surface area contributed by atoms with Gasteiger partial charge in [0.15, 0.2) is 0 Å². The lowest BCUT2D eigenvalue weighted by atomic mass is 9.99. The van der Waals surface area contributed by atoms with Crippen LogP contribution in [0.4, 0.5) is 0 Å². The fourth-order valence-corrected chi connectivity index (χ4v) is 3.22. The molecule has 0 spiro atoms. The molecule has 2 aromatic heterocycles. The van der Waals surface area contributed by atoms with E-state index in [0.29, 0.717) is 30.0 Å². The SMILES string of the molecule is O=C(NCc1ccco1)c1cncc(C(=O)N2CCc3ccccc3C2)c1. The zero-order valence-corrected chi connectivity index (χ0v) is 14.7. The molecule has 4 rings (SSSR count). The van der Waals surface area contributed by atoms with E-state index >= 15 is 0 Å². The van der Waals surface area contributed by atoms with Crippen LogP contribution in [-0.4, -0.2) is 28.2 Å². The summed E-state index contributed by atoms with van der Waals surface area (Å²) in [5.41, 5.74) is 3.22. The van der Waals surface area contributed by atoms with Crippen LogP contribution in [0.3, 0.4) is 0 Å². The molecule has 6 heteroatoms. The van der Waals surface area contributed by atoms with E-state index in [4.69, 9.17) is 4.42 Å². The smallest absolute Gasteiger partial charge is 0.255 e. The average Bonchev–Trinajstić information content (AvgIpc) is 3.25. The number of furan rings is 1. The number of amides is 2. The van der Waals surface area contributed by atoms with Crippen molar-refractivity contribution in [2.24, 2.45) is 0 Å². The number of nitrogens with zero attached hydrogens (tertiary/aromatic N) is 2. The standard InChI is InChI=1S/C21H19N3O3/c25-20(23-13-19-6-3-9-27-19)17-10-18(12-22-11-17)21(26)24-8-7-15-4-1-2-5-16(15)14-24/h1-6,9-12H,7-8,13-14H2,(H,23,25). The third-order valence-electron chi connectivity index (χ3n) is 4.67. The highest BCUT2D eigenvalue weighted by atomic mass is 16.3. The summed E-state index contributed by atoms with van der Waals surface area (Å²) in [7, 11) is 0. The highest BCUT2D eigenvalue weighted by Crippen LogP contribution is 2.20. The van der Waals surface area contributed by atoms with Gasteiger partial charge in [-0.1, -0.05) is 24.3 Å². The Kier molecular flexibility index (Phi) is 4.70. The number of carbonyl (C=O) groups excluding carboxylic acids is 2. The minimum Gasteiger partial charge on any atom is -0.467 e. The maximum Gasteiger partial charge on any atom is 0.255 e. The Bertz CT molecular complexity index is 966. The van der Waals surface area contributed by atoms with Crippen LogP contribution in [-0.2, 0) is 19.5 Å². The lowest BCUT2D eigenvalue weighted by molar-refractivity contribution is 0.0734. The molecule has 136 valence electrons. The van der Waals surface area contributed by atoms with Gasteiger partial charge in [0.2, 0.25) is 0 Å². The Labute approximate surface area is 156 Å². The van der Waals surface area contributed by atoms with Crippen LogP contribution in [0.25, 0.3) is 0 Å². The Hall–Kier alpha value is -3.41. The molecule has 27 heavy (non-hydrogen) atoms. The summed E-state index contributed by atoms with van der Waals surface area (Å²) in [6.07, 6.45) is 5.35. The van der Waals surface area contributed by atoms with Gasteiger partial charge in [-0.25, -0.2) is 0 Å². The fourth-order valence-electron chi connectivity index (χ4n) is 3.22. The first-order valence-electron chi connectivity index (χ1n) is 8.82. The summed E-state index contributed by atoms with van der Waals surface area (Å²) >= 11 is 0. The van der Waals surface area contributed by atoms with E-state index in [0.717, 1.165) is 12.0 Å². The molecule has 0 aliphatic carbocycles. The average molecular weight is 361 g/mol. The molecule has 0 unspecified atom stereocenters. The number of pyridine rings is 1. The Balaban J connectivity index is 1.45. The van der Waals surface area contributed by atoms with Gasteiger partial charge in [-0.05, 0) is 35.7 Å². The van der Waals surface area contributed by atoms with Crippen LogP contribution >= 0.6 is 0 Å². The quantitative estimate of drug-likeness (QED) is 0.775. The molecular formula is C21H19N3O3. The molecule has 0 saturated heterocycles. The van der Waals surface area contributed by atoms with Crippen molar-refractivity contribution in [3.05, 3.63) is 89.1 Å². The predicted octanol–water partition coefficient (Wildman–Crippen LogP) is 2.80. The van der Waals surface area contributed by atoms with Crippen LogP contribution in [0.1, 0.15) is 37.6 Å². The number of carbonyl (C=O) groups is 2. The van der Waals surface area contributed by atoms with Crippen molar-refractivity contribution in [3.63, 3.8) is 0 Å². The van der Waals surface area contributed by atoms with Gasteiger partial charge in [-0.3, -0.25) is 14.6 Å². The topological polar surface area (TPSA) is 75.4 Å². The monoisotopic (exact) mass is 361 g/mol. The molecule has 1 aliphatic rings. The van der Waals surface area contributed by atoms with Crippen molar-refractivity contribution in [1.82, 2.24) is 15.2 Å². The highest BCUT2D eigenvalue weighted by Gasteiger charge is 2.22. The molecule has 3 aromatic rings. The third kappa shape index (κ3) is 3.74. The molecule has 1 aromatic carbocycles. The van der Waals surface area contributed by atoms with Crippen LogP contribution in [0, 0.1) is 0 Å². The molecule has 1 N–H and O–H groups in total. The Morgan fingerprint density at radius 3 is 2.70 bits per heavy atom. The molecule has 0 saturated carbocycles. The first kappa shape index (κ1) is 17.0. The number of nitrogens with one attached hydrogen (secondary N) is 1. The second kappa shape index (κ2) is 7.45. The molecular weight excluding hydrogens is 342 g/mol. The third-order valence-corrected chi connectivity index (χ3v) is 4.67. The molecule has 0 bridgehead atoms. The van der Waals surface area contributed by atoms with E-state index in [1.54, 1.807) is 29.4 Å². The van der Waals surface area contributed by atoms with E-state index in [-0.39, 0.29) is 18.4 Å². The molecule has 3 heterocycles. The normalized spacial score (nSPS) is 13.1. The van der Waals surface area contributed by atoms with Crippen LogP contribution in [0.5, 0.6) is 0 Å². The van der Waals surface area contributed by atoms with Gasteiger partial charge in [-0.2, -0.15) is 0 Å². The van der Waals surface area contributed by atoms with Crippen molar-refractivity contribution < 1.29 is 14.0 Å². The van der Waals surface area contributed by atoms with Crippen molar-refractivity contribution in [1.29, 1.82) is 0 Å². The number of aromatic nitrogens is 1. The van der Waals surface area contributed by atoms with Crippen LogP contribution in [0.2, 0.25) is 0 Å². The lowest BCUT2D eigenvalue weighted by Gasteiger charge is -2.28. The summed E-state index contributed by atoms with van der Waals surface area (Å²) in [6.45, 7) is 1.52. The van der Waals surface area contributed by atoms with Gasteiger partial charge in [0, 0.05) is 25.5 Å². The zero-order valence-electron chi connectivity index (χ0n) is 14.7. The Morgan fingerprint density at radius 2 is 1.89 bits per heavy atom. The summed E-state index contributed by atoms with van der Waals surface area (Å²) < 4.78 is 5.20. The van der Waals surface area contributed by atoms with Crippen LogP contribution < -0.4 is 5.32 Å². The van der Waals surface area contributed by atoms with Gasteiger partial charge < -0.3 is 14.6 Å². The molecule has 6 nitrogen and oxygen atoms in total. The van der Waals surface area contributed by atoms with Gasteiger partial charge in [0.25, 0.3) is 11.8 Å². The molecule has 0 fully saturated rings. The minimum atomic E-state index is -0.294. The first-order valence-corrected chi connectivity index (χ1v) is 8.82. The summed E-state index contributed by atoms with van der Waals surface area (Å²) in [5.74, 6) is 0.255. The zero-order chi connectivity index (χ0) is 18.6. The van der Waals surface area contributed by atoms with Gasteiger partial charge in [0.1, 0.15) is 5.76 Å². The number of hydrogen-bond donors (Lipinski definition) is 1. The summed E-state index contributed by atoms with van der Waals surface area (Å²) in [4.78, 5) is 31.1. The molecule has 0 atom stereocenters. The van der Waals surface area contributed by atoms with Gasteiger partial charge in [-0.15, -0.1) is 0 Å². The van der Waals surface area contributed by atoms with E-state index < -0.39 is 0 Å². The fraction of sp³-hybridized carbons (Fsp3) is 0.190. The first-order chi connectivity index (χ1) is 13.2. The van der Waals surface area contributed by atoms with E-state index in [1.165, 1.54) is 18.0 Å². The Morgan fingerprint density at radius 1 is 1.07 bits per heavy atom.